The van der Waals surface area contributed by atoms with Gasteiger partial charge in [0.15, 0.2) is 11.4 Å². The molecule has 6 rings (SSSR count). The number of benzene rings is 1. The van der Waals surface area contributed by atoms with Gasteiger partial charge in [0.1, 0.15) is 22.2 Å². The van der Waals surface area contributed by atoms with Crippen molar-refractivity contribution in [1.29, 1.82) is 5.26 Å². The first kappa shape index (κ1) is 27.9. The molecule has 1 aliphatic carbocycles. The fourth-order valence-electron chi connectivity index (χ4n) is 5.95. The number of aryl methyl sites for hydroxylation is 1. The lowest BCUT2D eigenvalue weighted by atomic mass is 9.93. The normalized spacial score (nSPS) is 16.3. The fourth-order valence-corrected chi connectivity index (χ4v) is 6.25. The summed E-state index contributed by atoms with van der Waals surface area (Å²) in [7, 11) is 1.76. The van der Waals surface area contributed by atoms with E-state index in [-0.39, 0.29) is 27.5 Å². The second kappa shape index (κ2) is 10.6. The maximum absolute atomic E-state index is 13.7. The highest BCUT2D eigenvalue weighted by molar-refractivity contribution is 6.29. The molecule has 1 saturated heterocycles. The number of piperidine rings is 1. The van der Waals surface area contributed by atoms with Crippen molar-refractivity contribution in [3.63, 3.8) is 0 Å². The van der Waals surface area contributed by atoms with Gasteiger partial charge >= 0.3 is 5.97 Å². The Balaban J connectivity index is 1.36. The summed E-state index contributed by atoms with van der Waals surface area (Å²) in [5, 5.41) is 23.6. The predicted octanol–water partition coefficient (Wildman–Crippen LogP) is 5.39. The minimum atomic E-state index is -1.18. The van der Waals surface area contributed by atoms with Gasteiger partial charge in [-0.15, -0.1) is 0 Å². The zero-order chi connectivity index (χ0) is 29.8. The van der Waals surface area contributed by atoms with Crippen LogP contribution in [0.4, 0.5) is 11.4 Å². The van der Waals surface area contributed by atoms with Crippen molar-refractivity contribution < 1.29 is 9.90 Å². The Bertz CT molecular complexity index is 1850. The molecule has 0 radical (unpaired) electrons. The molecule has 2 N–H and O–H groups in total. The summed E-state index contributed by atoms with van der Waals surface area (Å²) in [6.07, 6.45) is 2.97. The van der Waals surface area contributed by atoms with E-state index in [9.17, 15) is 20.0 Å². The molecule has 4 heterocycles. The van der Waals surface area contributed by atoms with Crippen molar-refractivity contribution in [2.24, 2.45) is 7.05 Å². The van der Waals surface area contributed by atoms with Gasteiger partial charge < -0.3 is 15.3 Å². The summed E-state index contributed by atoms with van der Waals surface area (Å²) in [6.45, 7) is 3.28. The maximum atomic E-state index is 13.7. The molecule has 1 aliphatic heterocycles. The van der Waals surface area contributed by atoms with E-state index in [0.29, 0.717) is 41.2 Å². The first-order valence-corrected chi connectivity index (χ1v) is 14.4. The fraction of sp³-hybridized carbons (Fsp3) is 0.333. The minimum Gasteiger partial charge on any atom is -0.476 e. The van der Waals surface area contributed by atoms with E-state index in [1.54, 1.807) is 29.8 Å². The van der Waals surface area contributed by atoms with Crippen molar-refractivity contribution in [3.05, 3.63) is 85.4 Å². The van der Waals surface area contributed by atoms with Crippen LogP contribution in [0.25, 0.3) is 10.9 Å². The third-order valence-electron chi connectivity index (χ3n) is 8.21. The number of carboxylic acid groups (broad SMARTS) is 1. The summed E-state index contributed by atoms with van der Waals surface area (Å²) < 4.78 is 1.65. The van der Waals surface area contributed by atoms with E-state index in [4.69, 9.17) is 28.2 Å². The van der Waals surface area contributed by atoms with Crippen molar-refractivity contribution >= 4 is 51.4 Å². The van der Waals surface area contributed by atoms with Crippen LogP contribution >= 0.6 is 23.2 Å². The van der Waals surface area contributed by atoms with Crippen LogP contribution in [0.1, 0.15) is 64.7 Å². The maximum Gasteiger partial charge on any atom is 0.356 e. The minimum absolute atomic E-state index is 0.0329. The number of carboxylic acids is 1. The molecule has 3 aromatic heterocycles. The molecule has 2 fully saturated rings. The Kier molecular flexibility index (Phi) is 7.03. The van der Waals surface area contributed by atoms with Gasteiger partial charge in [0.2, 0.25) is 0 Å². The molecule has 1 aromatic carbocycles. The van der Waals surface area contributed by atoms with Crippen LogP contribution in [0, 0.1) is 18.3 Å². The number of hydrogen-bond donors (Lipinski definition) is 2. The van der Waals surface area contributed by atoms with Crippen molar-refractivity contribution in [2.45, 2.75) is 44.1 Å². The summed E-state index contributed by atoms with van der Waals surface area (Å²) in [5.74, 6) is -0.436. The van der Waals surface area contributed by atoms with E-state index >= 15 is 0 Å². The van der Waals surface area contributed by atoms with E-state index < -0.39 is 11.5 Å². The first-order chi connectivity index (χ1) is 20.1. The molecule has 0 bridgehead atoms. The monoisotopic (exact) mass is 603 g/mol. The largest absolute Gasteiger partial charge is 0.476 e. The van der Waals surface area contributed by atoms with E-state index in [0.717, 1.165) is 42.5 Å². The Morgan fingerprint density at radius 1 is 1.10 bits per heavy atom. The van der Waals surface area contributed by atoms with Crippen LogP contribution < -0.4 is 15.8 Å². The van der Waals surface area contributed by atoms with Gasteiger partial charge in [0.05, 0.1) is 27.8 Å². The van der Waals surface area contributed by atoms with Gasteiger partial charge in [0, 0.05) is 31.6 Å². The lowest BCUT2D eigenvalue weighted by Crippen LogP contribution is -2.36. The number of nitrogens with zero attached hydrogens (tertiary/aromatic N) is 6. The number of pyridine rings is 2. The lowest BCUT2D eigenvalue weighted by molar-refractivity contribution is 0.0691. The molecule has 0 spiro atoms. The average Bonchev–Trinajstić information content (AvgIpc) is 3.76. The second-order valence-electron chi connectivity index (χ2n) is 11.0. The Morgan fingerprint density at radius 2 is 1.79 bits per heavy atom. The third kappa shape index (κ3) is 4.93. The number of aromatic nitrogens is 4. The lowest BCUT2D eigenvalue weighted by Gasteiger charge is -2.34. The summed E-state index contributed by atoms with van der Waals surface area (Å²) in [6, 6.07) is 12.7. The molecule has 4 aromatic rings. The van der Waals surface area contributed by atoms with Crippen LogP contribution in [0.15, 0.2) is 41.2 Å². The van der Waals surface area contributed by atoms with Crippen LogP contribution in [0.5, 0.6) is 0 Å². The van der Waals surface area contributed by atoms with Crippen molar-refractivity contribution in [1.82, 2.24) is 19.5 Å². The quantitative estimate of drug-likeness (QED) is 0.278. The van der Waals surface area contributed by atoms with Crippen LogP contribution in [-0.4, -0.2) is 43.7 Å². The molecule has 1 saturated carbocycles. The molecule has 10 nitrogen and oxygen atoms in total. The molecular formula is C30H27Cl2N7O3. The van der Waals surface area contributed by atoms with E-state index in [1.807, 2.05) is 25.1 Å². The number of aromatic carboxylic acids is 1. The second-order valence-corrected chi connectivity index (χ2v) is 11.7. The number of anilines is 2. The number of nitriles is 1. The first-order valence-electron chi connectivity index (χ1n) is 13.6. The highest BCUT2D eigenvalue weighted by Gasteiger charge is 2.47. The number of fused-ring (bicyclic) bond motifs is 1. The number of hydrogen-bond acceptors (Lipinski definition) is 8. The highest BCUT2D eigenvalue weighted by atomic mass is 35.5. The smallest absolute Gasteiger partial charge is 0.356 e. The molecule has 0 unspecified atom stereocenters. The van der Waals surface area contributed by atoms with E-state index in [1.165, 1.54) is 0 Å². The number of carbonyl (C=O) groups is 1. The van der Waals surface area contributed by atoms with Crippen molar-refractivity contribution in [3.8, 4) is 6.07 Å². The number of halogens is 2. The summed E-state index contributed by atoms with van der Waals surface area (Å²) in [5.41, 5.74) is 2.96. The molecule has 0 atom stereocenters. The zero-order valence-electron chi connectivity index (χ0n) is 23.0. The summed E-state index contributed by atoms with van der Waals surface area (Å²) >= 11 is 12.0. The predicted molar refractivity (Wildman–Crippen MR) is 161 cm³/mol. The van der Waals surface area contributed by atoms with Gasteiger partial charge in [0.25, 0.3) is 5.56 Å². The molecule has 42 heavy (non-hydrogen) atoms. The van der Waals surface area contributed by atoms with Gasteiger partial charge in [-0.3, -0.25) is 9.36 Å². The molecule has 12 heteroatoms. The topological polar surface area (TPSA) is 137 Å². The molecular weight excluding hydrogens is 577 g/mol. The van der Waals surface area contributed by atoms with Crippen LogP contribution in [0.3, 0.4) is 0 Å². The number of nitrogens with one attached hydrogen (secondary N) is 1. The molecule has 214 valence electrons. The average molecular weight is 604 g/mol. The Labute approximate surface area is 251 Å². The van der Waals surface area contributed by atoms with Gasteiger partial charge in [-0.2, -0.15) is 5.26 Å². The summed E-state index contributed by atoms with van der Waals surface area (Å²) in [4.78, 5) is 41.0. The van der Waals surface area contributed by atoms with Gasteiger partial charge in [-0.25, -0.2) is 19.7 Å². The Morgan fingerprint density at radius 3 is 2.45 bits per heavy atom. The van der Waals surface area contributed by atoms with Crippen LogP contribution in [-0.2, 0) is 12.6 Å². The Hall–Kier alpha value is -4.20. The number of rotatable bonds is 6. The third-order valence-corrected chi connectivity index (χ3v) is 8.63. The SMILES string of the molecule is Cc1cc(C2(Nc3ccc(Cl)nc3C(=O)O)CC2)c2nc(C3CCN(c4ccc(Cl)nc4C#N)CC3)n(C)c(=O)c2c1. The van der Waals surface area contributed by atoms with Gasteiger partial charge in [-0.1, -0.05) is 29.3 Å². The standard InChI is InChI=1S/C30H27Cl2N7O3/c1-16-13-18-25(19(14-16)30(9-10-30)37-20-3-5-24(32)35-26(20)29(41)42)36-27(38(2)28(18)40)17-7-11-39(12-8-17)22-4-6-23(31)34-21(22)15-33/h3-6,13-14,17,37H,7-12H2,1-2H3,(H,41,42). The molecule has 0 amide bonds. The van der Waals surface area contributed by atoms with E-state index in [2.05, 4.69) is 26.3 Å². The highest BCUT2D eigenvalue weighted by Crippen LogP contribution is 2.50. The molecule has 2 aliphatic rings. The van der Waals surface area contributed by atoms with Gasteiger partial charge in [-0.05, 0) is 68.5 Å². The zero-order valence-corrected chi connectivity index (χ0v) is 24.5. The van der Waals surface area contributed by atoms with Crippen molar-refractivity contribution in [2.75, 3.05) is 23.3 Å². The van der Waals surface area contributed by atoms with Crippen LogP contribution in [0.2, 0.25) is 10.3 Å².